The fourth-order valence-corrected chi connectivity index (χ4v) is 2.91. The van der Waals surface area contributed by atoms with Gasteiger partial charge in [0.2, 0.25) is 0 Å². The molecule has 1 aliphatic carbocycles. The molecule has 25 heavy (non-hydrogen) atoms. The first-order chi connectivity index (χ1) is 16.1. The molecule has 0 aromatic rings. The summed E-state index contributed by atoms with van der Waals surface area (Å²) < 4.78 is 84.6. The van der Waals surface area contributed by atoms with Crippen molar-refractivity contribution >= 4 is 5.97 Å². The molecule has 1 saturated carbocycles. The van der Waals surface area contributed by atoms with Crippen LogP contribution in [0, 0.1) is 11.8 Å². The maximum atomic E-state index is 10.6. The number of carboxylic acids is 1. The topological polar surface area (TPSA) is 98.0 Å². The van der Waals surface area contributed by atoms with Crippen molar-refractivity contribution in [2.24, 2.45) is 11.8 Å². The molecule has 144 valence electrons. The van der Waals surface area contributed by atoms with Gasteiger partial charge in [-0.25, -0.2) is 0 Å². The predicted molar refractivity (Wildman–Crippen MR) is 98.1 cm³/mol. The molecule has 5 nitrogen and oxygen atoms in total. The maximum Gasteiger partial charge on any atom is 0.303 e. The molecule has 0 saturated heterocycles. The lowest BCUT2D eigenvalue weighted by Crippen LogP contribution is -2.20. The minimum atomic E-state index is -3.76. The van der Waals surface area contributed by atoms with E-state index in [0.717, 1.165) is 6.08 Å². The Kier molecular flexibility index (Phi) is 5.01. The lowest BCUT2D eigenvalue weighted by atomic mass is 9.89. The zero-order valence-corrected chi connectivity index (χ0v) is 13.9. The van der Waals surface area contributed by atoms with Crippen LogP contribution in [0.25, 0.3) is 0 Å². The van der Waals surface area contributed by atoms with Crippen molar-refractivity contribution in [3.63, 3.8) is 0 Å². The van der Waals surface area contributed by atoms with Crippen LogP contribution in [-0.4, -0.2) is 44.7 Å². The van der Waals surface area contributed by atoms with Crippen molar-refractivity contribution in [2.45, 2.75) is 82.8 Å². The van der Waals surface area contributed by atoms with Gasteiger partial charge >= 0.3 is 5.97 Å². The molecule has 0 radical (unpaired) electrons. The first-order valence-corrected chi connectivity index (χ1v) is 8.22. The maximum absolute atomic E-state index is 10.6. The summed E-state index contributed by atoms with van der Waals surface area (Å²) in [6.45, 7) is -3.56. The largest absolute Gasteiger partial charge is 0.481 e. The summed E-state index contributed by atoms with van der Waals surface area (Å²) >= 11 is 0. The van der Waals surface area contributed by atoms with Gasteiger partial charge in [0.25, 0.3) is 0 Å². The molecule has 0 spiro atoms. The molecule has 1 fully saturated rings. The van der Waals surface area contributed by atoms with E-state index in [-0.39, 0.29) is 32.1 Å². The Bertz CT molecular complexity index is 810. The van der Waals surface area contributed by atoms with E-state index >= 15 is 0 Å². The second-order valence-corrected chi connectivity index (χ2v) is 6.01. The van der Waals surface area contributed by atoms with E-state index in [0.29, 0.717) is 6.08 Å². The number of hydrogen-bond donors (Lipinski definition) is 4. The van der Waals surface area contributed by atoms with Crippen molar-refractivity contribution in [3.05, 3.63) is 24.3 Å². The first-order valence-electron chi connectivity index (χ1n) is 13.7. The summed E-state index contributed by atoms with van der Waals surface area (Å²) in [5.41, 5.74) is 0. The molecule has 0 amide bonds. The standard InChI is InChI=1S/C20H34O5/c1-2-3-4-5-6-7-10-16-17(19(23)14-18(16)22)13-12-15(21)9-8-11-20(24)25/h6-7,12-13,15-19,21-23H,2-5,8-11,14H2,1H3,(H,24,25)/b7-6-,13-12+/t15?,16-,17+,18-,19+/m1/s1/i1D3,2D2,3D2,4D2,5D2. The Hall–Kier alpha value is -1.17. The average molecular weight is 366 g/mol. The van der Waals surface area contributed by atoms with Crippen molar-refractivity contribution in [1.29, 1.82) is 0 Å². The summed E-state index contributed by atoms with van der Waals surface area (Å²) in [5, 5.41) is 39.2. The summed E-state index contributed by atoms with van der Waals surface area (Å²) in [7, 11) is 0. The third-order valence-corrected chi connectivity index (χ3v) is 4.17. The van der Waals surface area contributed by atoms with Crippen molar-refractivity contribution in [2.75, 3.05) is 0 Å². The molecule has 0 aromatic heterocycles. The van der Waals surface area contributed by atoms with E-state index in [4.69, 9.17) is 20.2 Å². The molecule has 5 atom stereocenters. The molecule has 0 bridgehead atoms. The highest BCUT2D eigenvalue weighted by molar-refractivity contribution is 5.66. The number of aliphatic carboxylic acids is 1. The van der Waals surface area contributed by atoms with Crippen LogP contribution in [0.2, 0.25) is 0 Å². The number of carbonyl (C=O) groups is 1. The molecular weight excluding hydrogens is 320 g/mol. The third-order valence-electron chi connectivity index (χ3n) is 4.17. The molecule has 1 unspecified atom stereocenters. The monoisotopic (exact) mass is 365 g/mol. The molecule has 1 aliphatic rings. The average Bonchev–Trinajstić information content (AvgIpc) is 2.97. The second kappa shape index (κ2) is 12.2. The predicted octanol–water partition coefficient (Wildman–Crippen LogP) is 3.04. The van der Waals surface area contributed by atoms with Gasteiger partial charge < -0.3 is 20.4 Å². The van der Waals surface area contributed by atoms with Crippen molar-refractivity contribution < 1.29 is 40.3 Å². The van der Waals surface area contributed by atoms with E-state index in [2.05, 4.69) is 0 Å². The van der Waals surface area contributed by atoms with E-state index in [1.165, 1.54) is 12.2 Å². The van der Waals surface area contributed by atoms with Crippen LogP contribution >= 0.6 is 0 Å². The zero-order chi connectivity index (χ0) is 28.3. The fourth-order valence-electron chi connectivity index (χ4n) is 2.91. The van der Waals surface area contributed by atoms with E-state index in [9.17, 15) is 20.1 Å². The van der Waals surface area contributed by atoms with E-state index in [1.807, 2.05) is 0 Å². The van der Waals surface area contributed by atoms with Gasteiger partial charge in [-0.2, -0.15) is 0 Å². The van der Waals surface area contributed by atoms with Crippen LogP contribution in [0.3, 0.4) is 0 Å². The highest BCUT2D eigenvalue weighted by atomic mass is 16.4. The molecule has 0 aromatic carbocycles. The van der Waals surface area contributed by atoms with Gasteiger partial charge in [0.05, 0.1) is 18.3 Å². The van der Waals surface area contributed by atoms with Gasteiger partial charge in [0, 0.05) is 33.8 Å². The minimum Gasteiger partial charge on any atom is -0.481 e. The van der Waals surface area contributed by atoms with E-state index in [1.54, 1.807) is 0 Å². The highest BCUT2D eigenvalue weighted by Gasteiger charge is 2.39. The summed E-state index contributed by atoms with van der Waals surface area (Å²) in [5.74, 6) is -2.34. The summed E-state index contributed by atoms with van der Waals surface area (Å²) in [6, 6.07) is 0. The van der Waals surface area contributed by atoms with Crippen LogP contribution in [0.4, 0.5) is 0 Å². The molecule has 5 heteroatoms. The molecule has 0 aliphatic heterocycles. The third kappa shape index (κ3) is 8.66. The van der Waals surface area contributed by atoms with Crippen LogP contribution in [-0.2, 0) is 4.79 Å². The second-order valence-electron chi connectivity index (χ2n) is 6.01. The van der Waals surface area contributed by atoms with Crippen LogP contribution in [0.15, 0.2) is 24.3 Å². The normalized spacial score (nSPS) is 37.5. The molecule has 0 heterocycles. The van der Waals surface area contributed by atoms with Crippen LogP contribution in [0.5, 0.6) is 0 Å². The number of allylic oxidation sites excluding steroid dienone is 2. The van der Waals surface area contributed by atoms with Crippen molar-refractivity contribution in [1.82, 2.24) is 0 Å². The number of carboxylic acid groups (broad SMARTS) is 1. The number of aliphatic hydroxyl groups is 3. The van der Waals surface area contributed by atoms with Crippen LogP contribution in [0.1, 0.15) is 79.5 Å². The molecule has 1 rings (SSSR count). The minimum absolute atomic E-state index is 0.0162. The Morgan fingerprint density at radius 1 is 1.32 bits per heavy atom. The fraction of sp³-hybridized carbons (Fsp3) is 0.750. The number of aliphatic hydroxyl groups excluding tert-OH is 3. The lowest BCUT2D eigenvalue weighted by molar-refractivity contribution is -0.137. The first kappa shape index (κ1) is 10.2. The Balaban J connectivity index is 3.02. The highest BCUT2D eigenvalue weighted by Crippen LogP contribution is 2.36. The van der Waals surface area contributed by atoms with Gasteiger partial charge in [-0.15, -0.1) is 0 Å². The van der Waals surface area contributed by atoms with Crippen molar-refractivity contribution in [3.8, 4) is 0 Å². The Labute approximate surface area is 166 Å². The van der Waals surface area contributed by atoms with E-state index < -0.39 is 68.5 Å². The Morgan fingerprint density at radius 3 is 2.84 bits per heavy atom. The molecular formula is C20H34O5. The van der Waals surface area contributed by atoms with Gasteiger partial charge in [0.15, 0.2) is 0 Å². The number of rotatable bonds is 12. The SMILES string of the molecule is [2H]C([2H])([2H])C([2H])([2H])C([2H])([2H])C([2H])([2H])C([2H])([2H])/C=C\C[C@@H]1[C@H](/C=C/C(O)CCCC(=O)O)[C@@H](O)C[C@H]1O. The van der Waals surface area contributed by atoms with Gasteiger partial charge in [-0.3, -0.25) is 4.79 Å². The summed E-state index contributed by atoms with van der Waals surface area (Å²) in [4.78, 5) is 10.6. The zero-order valence-electron chi connectivity index (χ0n) is 24.9. The summed E-state index contributed by atoms with van der Waals surface area (Å²) in [6.07, 6.45) is -12.5. The van der Waals surface area contributed by atoms with Gasteiger partial charge in [0.1, 0.15) is 0 Å². The number of hydrogen-bond acceptors (Lipinski definition) is 4. The molecule has 4 N–H and O–H groups in total. The Morgan fingerprint density at radius 2 is 2.12 bits per heavy atom. The quantitative estimate of drug-likeness (QED) is 0.399. The lowest BCUT2D eigenvalue weighted by Gasteiger charge is -2.19. The van der Waals surface area contributed by atoms with Gasteiger partial charge in [-0.1, -0.05) is 43.9 Å². The van der Waals surface area contributed by atoms with Gasteiger partial charge in [-0.05, 0) is 37.9 Å². The smallest absolute Gasteiger partial charge is 0.303 e. The van der Waals surface area contributed by atoms with Crippen LogP contribution < -0.4 is 0 Å².